The van der Waals surface area contributed by atoms with Gasteiger partial charge in [-0.2, -0.15) is 0 Å². The number of carbonyl (C=O) groups is 2. The lowest BCUT2D eigenvalue weighted by molar-refractivity contribution is -0.142. The maximum atomic E-state index is 12.8. The Bertz CT molecular complexity index is 546. The van der Waals surface area contributed by atoms with E-state index in [9.17, 15) is 9.59 Å². The lowest BCUT2D eigenvalue weighted by Gasteiger charge is -2.36. The summed E-state index contributed by atoms with van der Waals surface area (Å²) in [6.45, 7) is 1.71. The molecule has 1 atom stereocenters. The smallest absolute Gasteiger partial charge is 0.242 e. The predicted octanol–water partition coefficient (Wildman–Crippen LogP) is 2.54. The number of pyridine rings is 1. The molecule has 1 aromatic rings. The molecule has 5 nitrogen and oxygen atoms in total. The normalized spacial score (nSPS) is 22.8. The van der Waals surface area contributed by atoms with Gasteiger partial charge in [-0.3, -0.25) is 14.6 Å². The Hall–Kier alpha value is -1.91. The van der Waals surface area contributed by atoms with E-state index in [1.54, 1.807) is 11.1 Å². The molecule has 1 unspecified atom stereocenters. The van der Waals surface area contributed by atoms with E-state index in [0.29, 0.717) is 13.0 Å². The standard InChI is InChI=1S/C18H25N3O2/c22-17-10-2-1-6-12-20(17)14-18(23)21-13-7-4-9-16(21)15-8-3-5-11-19-15/h3,5,8,11,16H,1-2,4,6-7,9-10,12-14H2. The number of hydrogen-bond acceptors (Lipinski definition) is 3. The molecule has 124 valence electrons. The third-order valence-corrected chi connectivity index (χ3v) is 4.85. The van der Waals surface area contributed by atoms with Crippen molar-refractivity contribution in [1.29, 1.82) is 0 Å². The lowest BCUT2D eigenvalue weighted by Crippen LogP contribution is -2.46. The molecule has 0 bridgehead atoms. The van der Waals surface area contributed by atoms with E-state index < -0.39 is 0 Å². The minimum atomic E-state index is 0.0551. The van der Waals surface area contributed by atoms with Crippen LogP contribution >= 0.6 is 0 Å². The molecule has 2 fully saturated rings. The Morgan fingerprint density at radius 3 is 2.83 bits per heavy atom. The Kier molecular flexibility index (Phi) is 5.26. The minimum absolute atomic E-state index is 0.0551. The van der Waals surface area contributed by atoms with Crippen molar-refractivity contribution in [3.8, 4) is 0 Å². The van der Waals surface area contributed by atoms with E-state index >= 15 is 0 Å². The number of piperidine rings is 1. The van der Waals surface area contributed by atoms with Gasteiger partial charge in [0.2, 0.25) is 11.8 Å². The number of likely N-dealkylation sites (tertiary alicyclic amines) is 2. The first-order valence-corrected chi connectivity index (χ1v) is 8.74. The molecule has 2 aliphatic heterocycles. The zero-order valence-corrected chi connectivity index (χ0v) is 13.6. The van der Waals surface area contributed by atoms with Crippen molar-refractivity contribution < 1.29 is 9.59 Å². The molecule has 5 heteroatoms. The fourth-order valence-electron chi connectivity index (χ4n) is 3.57. The van der Waals surface area contributed by atoms with E-state index in [0.717, 1.165) is 50.8 Å². The zero-order chi connectivity index (χ0) is 16.1. The molecule has 2 aliphatic rings. The topological polar surface area (TPSA) is 53.5 Å². The van der Waals surface area contributed by atoms with E-state index in [4.69, 9.17) is 0 Å². The number of amides is 2. The van der Waals surface area contributed by atoms with Gasteiger partial charge in [0.1, 0.15) is 0 Å². The van der Waals surface area contributed by atoms with Crippen molar-refractivity contribution in [2.45, 2.75) is 51.0 Å². The van der Waals surface area contributed by atoms with Crippen molar-refractivity contribution in [2.24, 2.45) is 0 Å². The summed E-state index contributed by atoms with van der Waals surface area (Å²) in [6.07, 6.45) is 8.50. The van der Waals surface area contributed by atoms with Crippen LogP contribution < -0.4 is 0 Å². The van der Waals surface area contributed by atoms with Gasteiger partial charge in [-0.25, -0.2) is 0 Å². The highest BCUT2D eigenvalue weighted by Gasteiger charge is 2.30. The minimum Gasteiger partial charge on any atom is -0.333 e. The van der Waals surface area contributed by atoms with Gasteiger partial charge in [-0.1, -0.05) is 12.5 Å². The average molecular weight is 315 g/mol. The monoisotopic (exact) mass is 315 g/mol. The summed E-state index contributed by atoms with van der Waals surface area (Å²) >= 11 is 0. The van der Waals surface area contributed by atoms with Crippen LogP contribution in [0.1, 0.15) is 56.7 Å². The second-order valence-electron chi connectivity index (χ2n) is 6.48. The molecule has 0 saturated carbocycles. The van der Waals surface area contributed by atoms with Crippen LogP contribution in [0.25, 0.3) is 0 Å². The first-order chi connectivity index (χ1) is 11.3. The summed E-state index contributed by atoms with van der Waals surface area (Å²) in [5.41, 5.74) is 0.961. The van der Waals surface area contributed by atoms with Gasteiger partial charge in [-0.05, 0) is 44.2 Å². The van der Waals surface area contributed by atoms with Crippen molar-refractivity contribution in [3.63, 3.8) is 0 Å². The van der Waals surface area contributed by atoms with E-state index in [-0.39, 0.29) is 24.4 Å². The molecule has 23 heavy (non-hydrogen) atoms. The molecular weight excluding hydrogens is 290 g/mol. The molecule has 0 aromatic carbocycles. The van der Waals surface area contributed by atoms with Crippen molar-refractivity contribution in [1.82, 2.24) is 14.8 Å². The van der Waals surface area contributed by atoms with Crippen molar-refractivity contribution in [2.75, 3.05) is 19.6 Å². The fourth-order valence-corrected chi connectivity index (χ4v) is 3.57. The summed E-state index contributed by atoms with van der Waals surface area (Å²) < 4.78 is 0. The number of rotatable bonds is 3. The first kappa shape index (κ1) is 16.0. The Labute approximate surface area is 137 Å². The molecule has 0 aliphatic carbocycles. The summed E-state index contributed by atoms with van der Waals surface area (Å²) in [6, 6.07) is 5.92. The highest BCUT2D eigenvalue weighted by Crippen LogP contribution is 2.29. The van der Waals surface area contributed by atoms with Crippen LogP contribution in [0.4, 0.5) is 0 Å². The van der Waals surface area contributed by atoms with Gasteiger partial charge >= 0.3 is 0 Å². The maximum Gasteiger partial charge on any atom is 0.242 e. The number of carbonyl (C=O) groups excluding carboxylic acids is 2. The van der Waals surface area contributed by atoms with Crippen molar-refractivity contribution in [3.05, 3.63) is 30.1 Å². The van der Waals surface area contributed by atoms with E-state index in [1.165, 1.54) is 0 Å². The van der Waals surface area contributed by atoms with Crippen LogP contribution in [0.2, 0.25) is 0 Å². The number of nitrogens with zero attached hydrogens (tertiary/aromatic N) is 3. The first-order valence-electron chi connectivity index (χ1n) is 8.74. The quantitative estimate of drug-likeness (QED) is 0.861. The van der Waals surface area contributed by atoms with Gasteiger partial charge < -0.3 is 9.80 Å². The Morgan fingerprint density at radius 1 is 1.13 bits per heavy atom. The van der Waals surface area contributed by atoms with Crippen LogP contribution in [0, 0.1) is 0 Å². The van der Waals surface area contributed by atoms with Crippen LogP contribution in [0.5, 0.6) is 0 Å². The third kappa shape index (κ3) is 3.89. The number of hydrogen-bond donors (Lipinski definition) is 0. The third-order valence-electron chi connectivity index (χ3n) is 4.85. The molecule has 3 heterocycles. The molecule has 3 rings (SSSR count). The molecule has 2 saturated heterocycles. The average Bonchev–Trinajstić information content (AvgIpc) is 2.80. The van der Waals surface area contributed by atoms with E-state index in [2.05, 4.69) is 4.98 Å². The van der Waals surface area contributed by atoms with Crippen molar-refractivity contribution >= 4 is 11.8 Å². The molecular formula is C18H25N3O2. The molecule has 0 spiro atoms. The maximum absolute atomic E-state index is 12.8. The molecule has 1 aromatic heterocycles. The second-order valence-corrected chi connectivity index (χ2v) is 6.48. The van der Waals surface area contributed by atoms with Crippen LogP contribution in [-0.4, -0.2) is 46.2 Å². The Morgan fingerprint density at radius 2 is 2.00 bits per heavy atom. The largest absolute Gasteiger partial charge is 0.333 e. The van der Waals surface area contributed by atoms with E-state index in [1.807, 2.05) is 23.1 Å². The van der Waals surface area contributed by atoms with Gasteiger partial charge in [-0.15, -0.1) is 0 Å². The van der Waals surface area contributed by atoms with Gasteiger partial charge in [0, 0.05) is 25.7 Å². The zero-order valence-electron chi connectivity index (χ0n) is 13.6. The van der Waals surface area contributed by atoms with Crippen LogP contribution in [0.15, 0.2) is 24.4 Å². The SMILES string of the molecule is O=C1CCCCCN1CC(=O)N1CCCCC1c1ccccn1. The summed E-state index contributed by atoms with van der Waals surface area (Å²) in [5.74, 6) is 0.192. The summed E-state index contributed by atoms with van der Waals surface area (Å²) in [5, 5.41) is 0. The van der Waals surface area contributed by atoms with Crippen LogP contribution in [0.3, 0.4) is 0 Å². The molecule has 0 N–H and O–H groups in total. The second kappa shape index (κ2) is 7.57. The summed E-state index contributed by atoms with van der Waals surface area (Å²) in [7, 11) is 0. The fraction of sp³-hybridized carbons (Fsp3) is 0.611. The predicted molar refractivity (Wildman–Crippen MR) is 87.6 cm³/mol. The van der Waals surface area contributed by atoms with Crippen LogP contribution in [-0.2, 0) is 9.59 Å². The lowest BCUT2D eigenvalue weighted by atomic mass is 9.98. The summed E-state index contributed by atoms with van der Waals surface area (Å²) in [4.78, 5) is 33.1. The molecule has 2 amide bonds. The van der Waals surface area contributed by atoms with Gasteiger partial charge in [0.05, 0.1) is 18.3 Å². The van der Waals surface area contributed by atoms with Gasteiger partial charge in [0.25, 0.3) is 0 Å². The Balaban J connectivity index is 1.70. The highest BCUT2D eigenvalue weighted by atomic mass is 16.2. The van der Waals surface area contributed by atoms with Gasteiger partial charge in [0.15, 0.2) is 0 Å². The highest BCUT2D eigenvalue weighted by molar-refractivity contribution is 5.85. The number of aromatic nitrogens is 1. The molecule has 0 radical (unpaired) electrons.